The second-order valence-corrected chi connectivity index (χ2v) is 5.98. The van der Waals surface area contributed by atoms with Gasteiger partial charge in [0.25, 0.3) is 0 Å². The standard InChI is InChI=1S/C18H25NO3/c1-13(2)14(3)19(12-16-6-5-9-22-16)11-15-7-8-18(21-4)17(20)10-15/h5-10,13-14,20H,11-12H2,1-4H3/t14-/m1/s1. The van der Waals surface area contributed by atoms with E-state index in [0.29, 0.717) is 17.7 Å². The van der Waals surface area contributed by atoms with E-state index < -0.39 is 0 Å². The lowest BCUT2D eigenvalue weighted by atomic mass is 10.0. The molecule has 2 rings (SSSR count). The van der Waals surface area contributed by atoms with Crippen LogP contribution in [0.4, 0.5) is 0 Å². The molecule has 4 nitrogen and oxygen atoms in total. The van der Waals surface area contributed by atoms with Crippen molar-refractivity contribution < 1.29 is 14.3 Å². The molecule has 0 aliphatic heterocycles. The van der Waals surface area contributed by atoms with Crippen molar-refractivity contribution in [2.24, 2.45) is 5.92 Å². The molecular weight excluding hydrogens is 278 g/mol. The van der Waals surface area contributed by atoms with Crippen molar-refractivity contribution in [2.75, 3.05) is 7.11 Å². The molecule has 22 heavy (non-hydrogen) atoms. The van der Waals surface area contributed by atoms with Crippen LogP contribution in [0.1, 0.15) is 32.1 Å². The van der Waals surface area contributed by atoms with Crippen molar-refractivity contribution >= 4 is 0 Å². The predicted octanol–water partition coefficient (Wildman–Crippen LogP) is 4.04. The number of methoxy groups -OCH3 is 1. The molecule has 1 aromatic carbocycles. The topological polar surface area (TPSA) is 45.8 Å². The molecule has 0 aliphatic rings. The van der Waals surface area contributed by atoms with Gasteiger partial charge in [-0.15, -0.1) is 0 Å². The third kappa shape index (κ3) is 4.04. The number of benzene rings is 1. The van der Waals surface area contributed by atoms with Crippen molar-refractivity contribution in [3.63, 3.8) is 0 Å². The Balaban J connectivity index is 2.16. The smallest absolute Gasteiger partial charge is 0.160 e. The van der Waals surface area contributed by atoms with Gasteiger partial charge in [-0.2, -0.15) is 0 Å². The highest BCUT2D eigenvalue weighted by molar-refractivity contribution is 5.41. The fraction of sp³-hybridized carbons (Fsp3) is 0.444. The molecule has 0 radical (unpaired) electrons. The van der Waals surface area contributed by atoms with E-state index in [1.165, 1.54) is 0 Å². The molecule has 0 aliphatic carbocycles. The van der Waals surface area contributed by atoms with Crippen LogP contribution < -0.4 is 4.74 Å². The summed E-state index contributed by atoms with van der Waals surface area (Å²) >= 11 is 0. The summed E-state index contributed by atoms with van der Waals surface area (Å²) in [4.78, 5) is 2.35. The Labute approximate surface area is 132 Å². The number of furan rings is 1. The number of phenols is 1. The van der Waals surface area contributed by atoms with Gasteiger partial charge < -0.3 is 14.3 Å². The summed E-state index contributed by atoms with van der Waals surface area (Å²) in [5.41, 5.74) is 1.05. The molecule has 1 N–H and O–H groups in total. The van der Waals surface area contributed by atoms with Gasteiger partial charge in [0.2, 0.25) is 0 Å². The molecule has 1 atom stereocenters. The largest absolute Gasteiger partial charge is 0.504 e. The summed E-state index contributed by atoms with van der Waals surface area (Å²) < 4.78 is 10.6. The van der Waals surface area contributed by atoms with Crippen LogP contribution in [0.3, 0.4) is 0 Å². The summed E-state index contributed by atoms with van der Waals surface area (Å²) in [5.74, 6) is 2.15. The van der Waals surface area contributed by atoms with Gasteiger partial charge in [0.1, 0.15) is 5.76 Å². The number of hydrogen-bond donors (Lipinski definition) is 1. The first kappa shape index (κ1) is 16.4. The highest BCUT2D eigenvalue weighted by atomic mass is 16.5. The first-order valence-corrected chi connectivity index (χ1v) is 7.63. The zero-order chi connectivity index (χ0) is 16.1. The van der Waals surface area contributed by atoms with E-state index >= 15 is 0 Å². The maximum Gasteiger partial charge on any atom is 0.160 e. The Morgan fingerprint density at radius 3 is 2.50 bits per heavy atom. The van der Waals surface area contributed by atoms with Crippen LogP contribution in [0.2, 0.25) is 0 Å². The molecule has 2 aromatic rings. The van der Waals surface area contributed by atoms with Crippen LogP contribution in [-0.2, 0) is 13.1 Å². The van der Waals surface area contributed by atoms with Crippen LogP contribution >= 0.6 is 0 Å². The molecule has 0 unspecified atom stereocenters. The first-order valence-electron chi connectivity index (χ1n) is 7.63. The molecular formula is C18H25NO3. The molecule has 1 heterocycles. The van der Waals surface area contributed by atoms with Gasteiger partial charge in [-0.3, -0.25) is 4.90 Å². The van der Waals surface area contributed by atoms with E-state index in [-0.39, 0.29) is 5.75 Å². The molecule has 0 amide bonds. The Bertz CT molecular complexity index is 578. The normalized spacial score (nSPS) is 12.8. The van der Waals surface area contributed by atoms with Crippen LogP contribution in [-0.4, -0.2) is 23.2 Å². The highest BCUT2D eigenvalue weighted by Crippen LogP contribution is 2.28. The van der Waals surface area contributed by atoms with Crippen molar-refractivity contribution in [1.82, 2.24) is 4.90 Å². The second kappa shape index (κ2) is 7.36. The van der Waals surface area contributed by atoms with E-state index in [1.54, 1.807) is 25.5 Å². The summed E-state index contributed by atoms with van der Waals surface area (Å²) in [6, 6.07) is 9.85. The Hall–Kier alpha value is -1.94. The number of rotatable bonds is 7. The van der Waals surface area contributed by atoms with Gasteiger partial charge in [0, 0.05) is 12.6 Å². The van der Waals surface area contributed by atoms with Gasteiger partial charge in [0.05, 0.1) is 19.9 Å². The monoisotopic (exact) mass is 303 g/mol. The molecule has 0 fully saturated rings. The van der Waals surface area contributed by atoms with Crippen LogP contribution in [0.15, 0.2) is 41.0 Å². The maximum absolute atomic E-state index is 9.95. The minimum atomic E-state index is 0.176. The Morgan fingerprint density at radius 1 is 1.18 bits per heavy atom. The fourth-order valence-electron chi connectivity index (χ4n) is 2.44. The van der Waals surface area contributed by atoms with Gasteiger partial charge >= 0.3 is 0 Å². The maximum atomic E-state index is 9.95. The summed E-state index contributed by atoms with van der Waals surface area (Å²) in [6.07, 6.45) is 1.70. The Kier molecular flexibility index (Phi) is 5.50. The zero-order valence-corrected chi connectivity index (χ0v) is 13.7. The summed E-state index contributed by atoms with van der Waals surface area (Å²) in [7, 11) is 1.55. The number of hydrogen-bond acceptors (Lipinski definition) is 4. The lowest BCUT2D eigenvalue weighted by Gasteiger charge is -2.31. The van der Waals surface area contributed by atoms with E-state index in [9.17, 15) is 5.11 Å². The summed E-state index contributed by atoms with van der Waals surface area (Å²) in [6.45, 7) is 8.14. The molecule has 1 aromatic heterocycles. The highest BCUT2D eigenvalue weighted by Gasteiger charge is 2.19. The molecule has 0 saturated carbocycles. The minimum absolute atomic E-state index is 0.176. The van der Waals surface area contributed by atoms with Crippen LogP contribution in [0, 0.1) is 5.92 Å². The predicted molar refractivity (Wildman–Crippen MR) is 86.9 cm³/mol. The third-order valence-electron chi connectivity index (χ3n) is 4.11. The van der Waals surface area contributed by atoms with E-state index in [4.69, 9.17) is 9.15 Å². The fourth-order valence-corrected chi connectivity index (χ4v) is 2.44. The van der Waals surface area contributed by atoms with Crippen LogP contribution in [0.25, 0.3) is 0 Å². The van der Waals surface area contributed by atoms with Crippen molar-refractivity contribution in [3.8, 4) is 11.5 Å². The van der Waals surface area contributed by atoms with Gasteiger partial charge in [-0.1, -0.05) is 19.9 Å². The average Bonchev–Trinajstić information content (AvgIpc) is 2.99. The molecule has 4 heteroatoms. The molecule has 0 saturated heterocycles. The van der Waals surface area contributed by atoms with Gasteiger partial charge in [-0.25, -0.2) is 0 Å². The van der Waals surface area contributed by atoms with E-state index in [1.807, 2.05) is 18.2 Å². The lowest BCUT2D eigenvalue weighted by molar-refractivity contribution is 0.140. The lowest BCUT2D eigenvalue weighted by Crippen LogP contribution is -2.35. The number of ether oxygens (including phenoxy) is 1. The molecule has 120 valence electrons. The molecule has 0 bridgehead atoms. The zero-order valence-electron chi connectivity index (χ0n) is 13.7. The van der Waals surface area contributed by atoms with Gasteiger partial charge in [0.15, 0.2) is 11.5 Å². The quantitative estimate of drug-likeness (QED) is 0.838. The SMILES string of the molecule is COc1ccc(CN(Cc2ccco2)[C@H](C)C(C)C)cc1O. The van der Waals surface area contributed by atoms with Crippen molar-refractivity contribution in [3.05, 3.63) is 47.9 Å². The average molecular weight is 303 g/mol. The van der Waals surface area contributed by atoms with Crippen molar-refractivity contribution in [2.45, 2.75) is 39.9 Å². The molecule has 0 spiro atoms. The van der Waals surface area contributed by atoms with E-state index in [0.717, 1.165) is 24.4 Å². The van der Waals surface area contributed by atoms with Crippen LogP contribution in [0.5, 0.6) is 11.5 Å². The second-order valence-electron chi connectivity index (χ2n) is 5.98. The number of aromatic hydroxyl groups is 1. The number of nitrogens with zero attached hydrogens (tertiary/aromatic N) is 1. The van der Waals surface area contributed by atoms with Crippen molar-refractivity contribution in [1.29, 1.82) is 0 Å². The minimum Gasteiger partial charge on any atom is -0.504 e. The van der Waals surface area contributed by atoms with Gasteiger partial charge in [-0.05, 0) is 42.7 Å². The Morgan fingerprint density at radius 2 is 1.95 bits per heavy atom. The first-order chi connectivity index (χ1) is 10.5. The summed E-state index contributed by atoms with van der Waals surface area (Å²) in [5, 5.41) is 9.95. The third-order valence-corrected chi connectivity index (χ3v) is 4.11. The number of phenolic OH excluding ortho intramolecular Hbond substituents is 1. The van der Waals surface area contributed by atoms with E-state index in [2.05, 4.69) is 25.7 Å².